The summed E-state index contributed by atoms with van der Waals surface area (Å²) in [6.07, 6.45) is -7.13. The second-order valence-electron chi connectivity index (χ2n) is 24.5. The van der Waals surface area contributed by atoms with Gasteiger partial charge in [-0.05, 0) is 0 Å². The minimum Gasteiger partial charge on any atom is -0.394 e. The number of ether oxygens (including phenoxy) is 5. The lowest BCUT2D eigenvalue weighted by Gasteiger charge is -2.24. The first-order chi connectivity index (χ1) is 49.7. The van der Waals surface area contributed by atoms with E-state index in [1.165, 1.54) is 86.1 Å². The number of aliphatic imine (C=N–C) groups is 4. The van der Waals surface area contributed by atoms with Crippen molar-refractivity contribution in [3.8, 4) is 0 Å². The molecule has 5 fully saturated rings. The second kappa shape index (κ2) is 27.0. The van der Waals surface area contributed by atoms with Crippen molar-refractivity contribution in [3.63, 3.8) is 0 Å². The quantitative estimate of drug-likeness (QED) is 0.0280. The molecule has 0 aromatic carbocycles. The smallest absolute Gasteiger partial charge is 0.189 e. The minimum absolute atomic E-state index is 0.0529. The Labute approximate surface area is 575 Å². The van der Waals surface area contributed by atoms with Gasteiger partial charge in [0.25, 0.3) is 0 Å². The summed E-state index contributed by atoms with van der Waals surface area (Å²) in [5.74, 6) is -0.618. The maximum Gasteiger partial charge on any atom is 0.189 e. The molecule has 15 rings (SSSR count). The SMILES string of the molecule is NC(=NC[C@H]1O[C@@H](n2cnc3c(N)ncnc32)[C@H](O)[C@@H]1NC(N)=NC[C@H]1O[C@@H](n2cnc3c(N)ncnc32)[C@H](O)[C@@H]1NC(N)=NC[C@H]1O[C@@H](n2cnc3c(N)ncnc32)[C@H](O)[C@@H]1NC(N)=NC[C@H]1O[C@@H](n2cnc3c(N)ncnc32)[C@H](O)[C@@H]1O)N[C@H]1[C@@H](O)[C@H](n2cnc3c(N)ncnc32)O[C@@H]1CO. The van der Waals surface area contributed by atoms with Gasteiger partial charge in [0.1, 0.15) is 126 Å². The van der Waals surface area contributed by atoms with E-state index in [9.17, 15) is 35.7 Å². The number of fused-ring (bicyclic) bond motifs is 5. The third-order valence-corrected chi connectivity index (χ3v) is 18.3. The first-order valence-corrected chi connectivity index (χ1v) is 31.6. The van der Waals surface area contributed by atoms with Crippen molar-refractivity contribution in [2.45, 2.75) is 122 Å². The van der Waals surface area contributed by atoms with E-state index in [0.29, 0.717) is 0 Å². The molecule has 0 aliphatic carbocycles. The molecule has 0 saturated carbocycles. The first kappa shape index (κ1) is 67.2. The van der Waals surface area contributed by atoms with Crippen LogP contribution in [-0.2, 0) is 23.7 Å². The predicted molar refractivity (Wildman–Crippen MR) is 355 cm³/mol. The van der Waals surface area contributed by atoms with Crippen molar-refractivity contribution < 1.29 is 59.4 Å². The molecule has 5 aliphatic rings. The van der Waals surface area contributed by atoms with Crippen molar-refractivity contribution >= 4 is 109 Å². The van der Waals surface area contributed by atoms with Gasteiger partial charge in [0, 0.05) is 0 Å². The summed E-state index contributed by atoms with van der Waals surface area (Å²) in [6.45, 7) is -1.76. The van der Waals surface area contributed by atoms with Crippen molar-refractivity contribution in [1.29, 1.82) is 0 Å². The third-order valence-electron chi connectivity index (χ3n) is 18.3. The highest BCUT2D eigenvalue weighted by Crippen LogP contribution is 2.38. The number of aromatic nitrogens is 20. The number of guanidine groups is 4. The highest BCUT2D eigenvalue weighted by molar-refractivity contribution is 5.85. The minimum atomic E-state index is -1.49. The first-order valence-electron chi connectivity index (χ1n) is 31.6. The Hall–Kier alpha value is -11.6. The maximum atomic E-state index is 12.3. The second-order valence-corrected chi connectivity index (χ2v) is 24.5. The van der Waals surface area contributed by atoms with E-state index in [-0.39, 0.29) is 135 Å². The Morgan fingerprint density at radius 2 is 0.544 bits per heavy atom. The van der Waals surface area contributed by atoms with E-state index in [4.69, 9.17) is 75.3 Å². The van der Waals surface area contributed by atoms with Crippen LogP contribution in [0.25, 0.3) is 55.8 Å². The summed E-state index contributed by atoms with van der Waals surface area (Å²) in [7, 11) is 0. The number of hydrogen-bond donors (Lipinski definition) is 20. The molecule has 0 bridgehead atoms. The van der Waals surface area contributed by atoms with E-state index in [2.05, 4.69) is 116 Å². The Balaban J connectivity index is 0.673. The number of aliphatic hydroxyl groups is 7. The number of anilines is 5. The zero-order valence-corrected chi connectivity index (χ0v) is 53.5. The fourth-order valence-corrected chi connectivity index (χ4v) is 13.2. The number of nitrogen functional groups attached to an aromatic ring is 5. The van der Waals surface area contributed by atoms with Crippen LogP contribution in [0.3, 0.4) is 0 Å². The van der Waals surface area contributed by atoms with Gasteiger partial charge in [0.05, 0.1) is 88.6 Å². The van der Waals surface area contributed by atoms with Gasteiger partial charge in [0.2, 0.25) is 0 Å². The van der Waals surface area contributed by atoms with Gasteiger partial charge in [-0.3, -0.25) is 42.8 Å². The van der Waals surface area contributed by atoms with Gasteiger partial charge in [-0.15, -0.1) is 0 Å². The Morgan fingerprint density at radius 1 is 0.320 bits per heavy atom. The molecule has 0 radical (unpaired) electrons. The molecule has 49 heteroatoms. The number of nitrogens with zero attached hydrogens (tertiary/aromatic N) is 24. The van der Waals surface area contributed by atoms with E-state index in [0.717, 1.165) is 0 Å². The standard InChI is InChI=1S/C54H69N37O12/c55-36-25-41(73-6-68-36)87(11-78-25)46-31(94)21(83-52(61)65-2-17-23(33(96)48(100-17)89-13-80-27-38(57)70-8-75-43(27)89)85-54(63)67-4-19-30(93)35(98)50(102-19)91-15-82-29-40(59)72-10-77-45(29)91)16(99-46)1-64-51(60)84-22-18(101-47(32(22)95)88-12-79-26-37(56)69-7-74-42(26)88)3-66-53(62)86-24-20(5-92)103-49(34(24)97)90-14-81-28-39(58)71-9-76-44(28)90/h6-24,30-35,46-50,92-98H,1-5H2,(H2,55,68,73)(H2,56,69,74)(H2,57,70,75)(H2,58,71,76)(H2,59,72,77)(H3,60,64,84)(H3,61,65,83)(H3,62,66,86)(H3,63,67,85)/t16-,17-,18-,19-,20-,21-,22-,23-,24-,30-,31-,32-,33-,34-,35-,46-,47-,48-,49-,50-/m1/s1. The van der Waals surface area contributed by atoms with E-state index >= 15 is 0 Å². The molecule has 20 atom stereocenters. The molecule has 542 valence electrons. The molecule has 0 spiro atoms. The molecule has 0 amide bonds. The monoisotopic (exact) mass is 1430 g/mol. The van der Waals surface area contributed by atoms with Crippen LogP contribution in [0.5, 0.6) is 0 Å². The molecular formula is C54H69N37O12. The molecule has 15 heterocycles. The summed E-state index contributed by atoms with van der Waals surface area (Å²) < 4.78 is 38.9. The van der Waals surface area contributed by atoms with Crippen LogP contribution in [0.4, 0.5) is 29.1 Å². The number of nitrogens with two attached hydrogens (primary N) is 9. The fourth-order valence-electron chi connectivity index (χ4n) is 13.2. The zero-order valence-electron chi connectivity index (χ0n) is 53.5. The van der Waals surface area contributed by atoms with E-state index in [1.54, 1.807) is 0 Å². The lowest BCUT2D eigenvalue weighted by Crippen LogP contribution is -2.53. The average molecular weight is 1430 g/mol. The molecule has 10 aromatic heterocycles. The molecule has 29 N–H and O–H groups in total. The summed E-state index contributed by atoms with van der Waals surface area (Å²) in [5.41, 5.74) is 59.2. The molecule has 103 heavy (non-hydrogen) atoms. The molecule has 49 nitrogen and oxygen atoms in total. The maximum absolute atomic E-state index is 12.3. The topological polar surface area (TPSA) is 737 Å². The van der Waals surface area contributed by atoms with Gasteiger partial charge in [-0.1, -0.05) is 0 Å². The van der Waals surface area contributed by atoms with Gasteiger partial charge < -0.3 is 132 Å². The highest BCUT2D eigenvalue weighted by atomic mass is 16.6. The van der Waals surface area contributed by atoms with Gasteiger partial charge in [-0.25, -0.2) is 74.8 Å². The number of imidazole rings is 5. The lowest BCUT2D eigenvalue weighted by molar-refractivity contribution is -0.0489. The number of aliphatic hydroxyl groups excluding tert-OH is 7. The molecule has 5 saturated heterocycles. The van der Waals surface area contributed by atoms with Crippen LogP contribution in [-0.4, -0.2) is 281 Å². The number of rotatable bonds is 18. The molecular weight excluding hydrogens is 1360 g/mol. The average Bonchev–Trinajstić information content (AvgIpc) is 1.66. The van der Waals surface area contributed by atoms with Gasteiger partial charge in [-0.2, -0.15) is 0 Å². The summed E-state index contributed by atoms with van der Waals surface area (Å²) in [4.78, 5) is 81.2. The van der Waals surface area contributed by atoms with Crippen LogP contribution >= 0.6 is 0 Å². The summed E-state index contributed by atoms with van der Waals surface area (Å²) in [5, 5.41) is 93.0. The third kappa shape index (κ3) is 12.1. The Kier molecular flexibility index (Phi) is 17.6. The predicted octanol–water partition coefficient (Wildman–Crippen LogP) is -10.2. The van der Waals surface area contributed by atoms with Gasteiger partial charge in [0.15, 0.2) is 112 Å². The zero-order chi connectivity index (χ0) is 71.8. The largest absolute Gasteiger partial charge is 0.394 e. The van der Waals surface area contributed by atoms with Crippen molar-refractivity contribution in [2.24, 2.45) is 42.9 Å². The van der Waals surface area contributed by atoms with Crippen molar-refractivity contribution in [2.75, 3.05) is 61.5 Å². The summed E-state index contributed by atoms with van der Waals surface area (Å²) >= 11 is 0. The number of nitrogens with one attached hydrogen (secondary N) is 4. The fraction of sp³-hybridized carbons (Fsp3) is 0.463. The molecule has 5 aliphatic heterocycles. The van der Waals surface area contributed by atoms with Gasteiger partial charge >= 0.3 is 0 Å². The lowest BCUT2D eigenvalue weighted by atomic mass is 10.1. The van der Waals surface area contributed by atoms with Crippen LogP contribution in [0.2, 0.25) is 0 Å². The van der Waals surface area contributed by atoms with Crippen LogP contribution in [0.15, 0.2) is 83.2 Å². The Bertz CT molecular complexity index is 4910. The molecule has 0 unspecified atom stereocenters. The van der Waals surface area contributed by atoms with Crippen LogP contribution in [0, 0.1) is 0 Å². The van der Waals surface area contributed by atoms with Crippen molar-refractivity contribution in [3.05, 3.63) is 63.3 Å². The van der Waals surface area contributed by atoms with E-state index < -0.39 is 129 Å². The Morgan fingerprint density at radius 3 is 0.806 bits per heavy atom. The number of hydrogen-bond acceptors (Lipinski definition) is 36. The van der Waals surface area contributed by atoms with Crippen LogP contribution in [0.1, 0.15) is 31.1 Å². The van der Waals surface area contributed by atoms with Crippen molar-refractivity contribution in [1.82, 2.24) is 119 Å². The normalized spacial score (nSPS) is 30.9. The van der Waals surface area contributed by atoms with Crippen LogP contribution < -0.4 is 72.9 Å². The highest BCUT2D eigenvalue weighted by Gasteiger charge is 2.51. The molecule has 10 aromatic rings. The van der Waals surface area contributed by atoms with E-state index in [1.807, 2.05) is 0 Å². The summed E-state index contributed by atoms with van der Waals surface area (Å²) in [6, 6.07) is -4.47.